The first-order chi connectivity index (χ1) is 12.4. The predicted molar refractivity (Wildman–Crippen MR) is 90.2 cm³/mol. The van der Waals surface area contributed by atoms with Gasteiger partial charge in [0.05, 0.1) is 5.56 Å². The third kappa shape index (κ3) is 6.08. The zero-order valence-corrected chi connectivity index (χ0v) is 13.6. The summed E-state index contributed by atoms with van der Waals surface area (Å²) in [4.78, 5) is 23.4. The molecule has 0 aliphatic carbocycles. The first-order valence-corrected chi connectivity index (χ1v) is 7.69. The van der Waals surface area contributed by atoms with Crippen molar-refractivity contribution < 1.29 is 27.5 Å². The van der Waals surface area contributed by atoms with Gasteiger partial charge in [0.25, 0.3) is 5.91 Å². The van der Waals surface area contributed by atoms with E-state index in [9.17, 15) is 22.8 Å². The highest BCUT2D eigenvalue weighted by molar-refractivity contribution is 5.95. The van der Waals surface area contributed by atoms with E-state index in [1.807, 2.05) is 30.3 Å². The summed E-state index contributed by atoms with van der Waals surface area (Å²) in [6, 6.07) is 13.1. The summed E-state index contributed by atoms with van der Waals surface area (Å²) in [5.41, 5.74) is 0.132. The molecule has 136 valence electrons. The third-order valence-electron chi connectivity index (χ3n) is 3.32. The molecule has 2 rings (SSSR count). The molecule has 0 aliphatic rings. The molecule has 0 atom stereocenters. The number of rotatable bonds is 6. The second-order valence-corrected chi connectivity index (χ2v) is 5.25. The minimum Gasteiger partial charge on any atom is -0.460 e. The molecule has 0 aliphatic heterocycles. The molecule has 1 amide bonds. The predicted octanol–water partition coefficient (Wildman–Crippen LogP) is 3.69. The zero-order chi connectivity index (χ0) is 19.0. The van der Waals surface area contributed by atoms with E-state index < -0.39 is 23.6 Å². The van der Waals surface area contributed by atoms with E-state index >= 15 is 0 Å². The first-order valence-electron chi connectivity index (χ1n) is 7.69. The van der Waals surface area contributed by atoms with Crippen molar-refractivity contribution in [3.05, 3.63) is 77.4 Å². The van der Waals surface area contributed by atoms with Gasteiger partial charge in [-0.15, -0.1) is 0 Å². The van der Waals surface area contributed by atoms with Crippen LogP contribution < -0.4 is 5.32 Å². The van der Waals surface area contributed by atoms with E-state index in [1.54, 1.807) is 12.2 Å². The monoisotopic (exact) mass is 363 g/mol. The molecule has 1 N–H and O–H groups in total. The van der Waals surface area contributed by atoms with E-state index in [-0.39, 0.29) is 18.7 Å². The maximum absolute atomic E-state index is 12.5. The van der Waals surface area contributed by atoms with Gasteiger partial charge in [0.15, 0.2) is 0 Å². The largest absolute Gasteiger partial charge is 0.460 e. The van der Waals surface area contributed by atoms with Gasteiger partial charge in [0.2, 0.25) is 0 Å². The number of carbonyl (C=O) groups is 2. The van der Waals surface area contributed by atoms with E-state index in [0.29, 0.717) is 0 Å². The lowest BCUT2D eigenvalue weighted by molar-refractivity contribution is -0.141. The molecule has 26 heavy (non-hydrogen) atoms. The zero-order valence-electron chi connectivity index (χ0n) is 13.6. The molecule has 0 fully saturated rings. The number of ether oxygens (including phenoxy) is 1. The van der Waals surface area contributed by atoms with Gasteiger partial charge < -0.3 is 10.1 Å². The van der Waals surface area contributed by atoms with Crippen molar-refractivity contribution in [3.8, 4) is 0 Å². The molecule has 0 saturated carbocycles. The summed E-state index contributed by atoms with van der Waals surface area (Å²) in [6.45, 7) is -0.330. The van der Waals surface area contributed by atoms with Gasteiger partial charge in [-0.3, -0.25) is 9.59 Å². The highest BCUT2D eigenvalue weighted by Gasteiger charge is 2.30. The molecule has 7 heteroatoms. The molecule has 0 radical (unpaired) electrons. The Kier molecular flexibility index (Phi) is 6.54. The molecule has 0 saturated heterocycles. The smallest absolute Gasteiger partial charge is 0.416 e. The molecule has 0 heterocycles. The summed E-state index contributed by atoms with van der Waals surface area (Å²) >= 11 is 0. The van der Waals surface area contributed by atoms with Crippen molar-refractivity contribution in [1.29, 1.82) is 0 Å². The lowest BCUT2D eigenvalue weighted by atomic mass is 10.1. The van der Waals surface area contributed by atoms with Crippen LogP contribution in [0.3, 0.4) is 0 Å². The Bertz CT molecular complexity index is 769. The Morgan fingerprint density at radius 1 is 1.00 bits per heavy atom. The van der Waals surface area contributed by atoms with E-state index in [1.165, 1.54) is 0 Å². The van der Waals surface area contributed by atoms with Crippen LogP contribution in [0, 0.1) is 0 Å². The number of benzene rings is 2. The van der Waals surface area contributed by atoms with Gasteiger partial charge in [-0.05, 0) is 35.9 Å². The summed E-state index contributed by atoms with van der Waals surface area (Å²) < 4.78 is 42.3. The molecular weight excluding hydrogens is 347 g/mol. The second-order valence-electron chi connectivity index (χ2n) is 5.25. The van der Waals surface area contributed by atoms with Gasteiger partial charge in [0, 0.05) is 5.56 Å². The van der Waals surface area contributed by atoms with E-state index in [4.69, 9.17) is 4.74 Å². The van der Waals surface area contributed by atoms with Crippen molar-refractivity contribution in [3.63, 3.8) is 0 Å². The van der Waals surface area contributed by atoms with Crippen LogP contribution in [0.15, 0.2) is 60.7 Å². The third-order valence-corrected chi connectivity index (χ3v) is 3.32. The van der Waals surface area contributed by atoms with Crippen LogP contribution in [-0.2, 0) is 15.7 Å². The summed E-state index contributed by atoms with van der Waals surface area (Å²) in [6.07, 6.45) is -1.02. The fourth-order valence-corrected chi connectivity index (χ4v) is 2.01. The van der Waals surface area contributed by atoms with E-state index in [0.717, 1.165) is 29.8 Å². The van der Waals surface area contributed by atoms with Crippen molar-refractivity contribution in [2.75, 3.05) is 13.2 Å². The van der Waals surface area contributed by atoms with Crippen LogP contribution in [-0.4, -0.2) is 25.0 Å². The standard InChI is InChI=1S/C19H16F3NO3/c20-19(21,22)16-10-8-15(9-11-16)18(25)23-13-17(24)26-12-4-7-14-5-2-1-3-6-14/h1-11H,12-13H2,(H,23,25)/b7-4+. The summed E-state index contributed by atoms with van der Waals surface area (Å²) in [5.74, 6) is -1.31. The van der Waals surface area contributed by atoms with Crippen molar-refractivity contribution in [1.82, 2.24) is 5.32 Å². The van der Waals surface area contributed by atoms with Crippen molar-refractivity contribution >= 4 is 18.0 Å². The molecule has 4 nitrogen and oxygen atoms in total. The maximum atomic E-state index is 12.5. The quantitative estimate of drug-likeness (QED) is 0.797. The number of esters is 1. The Balaban J connectivity index is 1.74. The lowest BCUT2D eigenvalue weighted by Gasteiger charge is -2.08. The summed E-state index contributed by atoms with van der Waals surface area (Å²) in [5, 5.41) is 2.30. The molecular formula is C19H16F3NO3. The molecule has 0 aromatic heterocycles. The topological polar surface area (TPSA) is 55.4 Å². The SMILES string of the molecule is O=C(CNC(=O)c1ccc(C(F)(F)F)cc1)OC/C=C/c1ccccc1. The Morgan fingerprint density at radius 2 is 1.65 bits per heavy atom. The molecule has 0 spiro atoms. The number of hydrogen-bond donors (Lipinski definition) is 1. The van der Waals surface area contributed by atoms with Gasteiger partial charge in [-0.2, -0.15) is 13.2 Å². The van der Waals surface area contributed by atoms with Crippen LogP contribution in [0.1, 0.15) is 21.5 Å². The minimum absolute atomic E-state index is 0.0229. The number of carbonyl (C=O) groups excluding carboxylic acids is 2. The van der Waals surface area contributed by atoms with Crippen molar-refractivity contribution in [2.24, 2.45) is 0 Å². The van der Waals surface area contributed by atoms with Gasteiger partial charge in [-0.25, -0.2) is 0 Å². The highest BCUT2D eigenvalue weighted by Crippen LogP contribution is 2.29. The van der Waals surface area contributed by atoms with Crippen molar-refractivity contribution in [2.45, 2.75) is 6.18 Å². The van der Waals surface area contributed by atoms with Crippen LogP contribution in [0.4, 0.5) is 13.2 Å². The Morgan fingerprint density at radius 3 is 2.27 bits per heavy atom. The average Bonchev–Trinajstić information content (AvgIpc) is 2.63. The van der Waals surface area contributed by atoms with Crippen LogP contribution in [0.2, 0.25) is 0 Å². The molecule has 0 bridgehead atoms. The fraction of sp³-hybridized carbons (Fsp3) is 0.158. The molecule has 0 unspecified atom stereocenters. The van der Waals surface area contributed by atoms with Crippen LogP contribution in [0.5, 0.6) is 0 Å². The van der Waals surface area contributed by atoms with Crippen LogP contribution >= 0.6 is 0 Å². The number of alkyl halides is 3. The Hall–Kier alpha value is -3.09. The molecule has 2 aromatic rings. The highest BCUT2D eigenvalue weighted by atomic mass is 19.4. The second kappa shape index (κ2) is 8.84. The number of hydrogen-bond acceptors (Lipinski definition) is 3. The fourth-order valence-electron chi connectivity index (χ4n) is 2.01. The van der Waals surface area contributed by atoms with Gasteiger partial charge in [-0.1, -0.05) is 36.4 Å². The first kappa shape index (κ1) is 19.2. The minimum atomic E-state index is -4.47. The number of halogens is 3. The van der Waals surface area contributed by atoms with Gasteiger partial charge in [0.1, 0.15) is 13.2 Å². The molecule has 2 aromatic carbocycles. The van der Waals surface area contributed by atoms with Crippen LogP contribution in [0.25, 0.3) is 6.08 Å². The average molecular weight is 363 g/mol. The lowest BCUT2D eigenvalue weighted by Crippen LogP contribution is -2.30. The number of nitrogens with one attached hydrogen (secondary N) is 1. The van der Waals surface area contributed by atoms with Gasteiger partial charge >= 0.3 is 12.1 Å². The maximum Gasteiger partial charge on any atom is 0.416 e. The van der Waals surface area contributed by atoms with E-state index in [2.05, 4.69) is 5.32 Å². The Labute approximate surface area is 148 Å². The summed E-state index contributed by atoms with van der Waals surface area (Å²) in [7, 11) is 0. The normalized spacial score (nSPS) is 11.3. The number of amides is 1.